The van der Waals surface area contributed by atoms with E-state index < -0.39 is 16.2 Å². The number of nitro groups is 1. The normalized spacial score (nSPS) is 10.6. The predicted molar refractivity (Wildman–Crippen MR) is 115 cm³/mol. The molecule has 2 amide bonds. The SMILES string of the molecule is CC(C)(C)c1ccc(C(=O)Nc2ccccc2C(=O)NCCN)cc1[N+](=O)[O-].Cl. The fourth-order valence-electron chi connectivity index (χ4n) is 2.72. The molecule has 29 heavy (non-hydrogen) atoms. The van der Waals surface area contributed by atoms with Gasteiger partial charge in [-0.05, 0) is 23.6 Å². The number of amides is 2. The zero-order valence-corrected chi connectivity index (χ0v) is 17.3. The van der Waals surface area contributed by atoms with Gasteiger partial charge in [-0.25, -0.2) is 0 Å². The van der Waals surface area contributed by atoms with Crippen molar-refractivity contribution in [2.24, 2.45) is 5.73 Å². The van der Waals surface area contributed by atoms with Gasteiger partial charge in [0.1, 0.15) is 0 Å². The van der Waals surface area contributed by atoms with Crippen molar-refractivity contribution in [3.8, 4) is 0 Å². The third-order valence-electron chi connectivity index (χ3n) is 4.11. The fourth-order valence-corrected chi connectivity index (χ4v) is 2.72. The molecule has 0 atom stereocenters. The summed E-state index contributed by atoms with van der Waals surface area (Å²) in [4.78, 5) is 35.8. The van der Waals surface area contributed by atoms with Crippen molar-refractivity contribution >= 4 is 35.6 Å². The van der Waals surface area contributed by atoms with Crippen molar-refractivity contribution in [2.45, 2.75) is 26.2 Å². The van der Waals surface area contributed by atoms with Gasteiger partial charge in [0.25, 0.3) is 17.5 Å². The largest absolute Gasteiger partial charge is 0.351 e. The summed E-state index contributed by atoms with van der Waals surface area (Å²) in [6.45, 7) is 6.20. The molecule has 0 aliphatic carbocycles. The van der Waals surface area contributed by atoms with Crippen molar-refractivity contribution in [3.63, 3.8) is 0 Å². The zero-order valence-electron chi connectivity index (χ0n) is 16.5. The molecular weight excluding hydrogens is 396 g/mol. The summed E-state index contributed by atoms with van der Waals surface area (Å²) in [7, 11) is 0. The van der Waals surface area contributed by atoms with Gasteiger partial charge < -0.3 is 16.4 Å². The minimum atomic E-state index is -0.539. The van der Waals surface area contributed by atoms with Crippen molar-refractivity contribution < 1.29 is 14.5 Å². The number of carbonyl (C=O) groups is 2. The summed E-state index contributed by atoms with van der Waals surface area (Å²) >= 11 is 0. The zero-order chi connectivity index (χ0) is 20.9. The van der Waals surface area contributed by atoms with Crippen molar-refractivity contribution in [3.05, 3.63) is 69.3 Å². The van der Waals surface area contributed by atoms with Crippen molar-refractivity contribution in [1.29, 1.82) is 0 Å². The number of hydrogen-bond acceptors (Lipinski definition) is 5. The number of benzene rings is 2. The second kappa shape index (κ2) is 9.99. The van der Waals surface area contributed by atoms with E-state index in [2.05, 4.69) is 10.6 Å². The van der Waals surface area contributed by atoms with Gasteiger partial charge in [0.2, 0.25) is 0 Å². The minimum Gasteiger partial charge on any atom is -0.351 e. The average Bonchev–Trinajstić information content (AvgIpc) is 2.65. The molecule has 8 nitrogen and oxygen atoms in total. The van der Waals surface area contributed by atoms with E-state index in [4.69, 9.17) is 5.73 Å². The van der Waals surface area contributed by atoms with Gasteiger partial charge in [-0.3, -0.25) is 19.7 Å². The molecule has 0 saturated heterocycles. The highest BCUT2D eigenvalue weighted by Gasteiger charge is 2.26. The van der Waals surface area contributed by atoms with Crippen LogP contribution < -0.4 is 16.4 Å². The van der Waals surface area contributed by atoms with E-state index in [1.807, 2.05) is 20.8 Å². The molecule has 0 unspecified atom stereocenters. The summed E-state index contributed by atoms with van der Waals surface area (Å²) in [5.74, 6) is -0.905. The highest BCUT2D eigenvalue weighted by atomic mass is 35.5. The van der Waals surface area contributed by atoms with E-state index >= 15 is 0 Å². The molecular formula is C20H25ClN4O4. The first-order chi connectivity index (χ1) is 13.1. The number of nitrogens with one attached hydrogen (secondary N) is 2. The number of hydrogen-bond donors (Lipinski definition) is 3. The third-order valence-corrected chi connectivity index (χ3v) is 4.11. The molecule has 0 bridgehead atoms. The quantitative estimate of drug-likeness (QED) is 0.488. The molecule has 2 aromatic carbocycles. The molecule has 0 fully saturated rings. The Bertz CT molecular complexity index is 910. The maximum Gasteiger partial charge on any atom is 0.273 e. The lowest BCUT2D eigenvalue weighted by molar-refractivity contribution is -0.386. The lowest BCUT2D eigenvalue weighted by Gasteiger charge is -2.19. The number of nitrogens with zero attached hydrogens (tertiary/aromatic N) is 1. The van der Waals surface area contributed by atoms with Crippen LogP contribution in [0.2, 0.25) is 0 Å². The number of anilines is 1. The molecule has 0 saturated carbocycles. The van der Waals surface area contributed by atoms with E-state index in [0.717, 1.165) is 0 Å². The fraction of sp³-hybridized carbons (Fsp3) is 0.300. The van der Waals surface area contributed by atoms with Crippen LogP contribution in [0.1, 0.15) is 47.1 Å². The van der Waals surface area contributed by atoms with E-state index in [1.165, 1.54) is 6.07 Å². The van der Waals surface area contributed by atoms with Crippen LogP contribution in [0.15, 0.2) is 42.5 Å². The molecule has 156 valence electrons. The molecule has 0 aliphatic rings. The average molecular weight is 421 g/mol. The van der Waals surface area contributed by atoms with Crippen LogP contribution in [0.25, 0.3) is 0 Å². The van der Waals surface area contributed by atoms with Crippen LogP contribution in [0.5, 0.6) is 0 Å². The number of halogens is 1. The number of rotatable bonds is 6. The van der Waals surface area contributed by atoms with Crippen LogP contribution >= 0.6 is 12.4 Å². The Morgan fingerprint density at radius 3 is 2.34 bits per heavy atom. The molecule has 0 aliphatic heterocycles. The summed E-state index contributed by atoms with van der Waals surface area (Å²) in [5, 5.41) is 16.8. The second-order valence-electron chi connectivity index (χ2n) is 7.28. The molecule has 0 spiro atoms. The second-order valence-corrected chi connectivity index (χ2v) is 7.28. The maximum absolute atomic E-state index is 12.7. The van der Waals surface area contributed by atoms with Crippen molar-refractivity contribution in [2.75, 3.05) is 18.4 Å². The highest BCUT2D eigenvalue weighted by Crippen LogP contribution is 2.32. The Kier molecular flexibility index (Phi) is 8.29. The Labute approximate surface area is 175 Å². The summed E-state index contributed by atoms with van der Waals surface area (Å²) in [6.07, 6.45) is 0. The van der Waals surface area contributed by atoms with Gasteiger partial charge in [-0.2, -0.15) is 0 Å². The molecule has 0 aromatic heterocycles. The first kappa shape index (κ1) is 24.1. The Balaban J connectivity index is 0.00000420. The summed E-state index contributed by atoms with van der Waals surface area (Å²) in [5.41, 5.74) is 6.10. The molecule has 0 radical (unpaired) electrons. The minimum absolute atomic E-state index is 0. The monoisotopic (exact) mass is 420 g/mol. The molecule has 4 N–H and O–H groups in total. The van der Waals surface area contributed by atoms with Gasteiger partial charge in [0.05, 0.1) is 16.2 Å². The molecule has 2 aromatic rings. The van der Waals surface area contributed by atoms with Crippen LogP contribution in [0.4, 0.5) is 11.4 Å². The van der Waals surface area contributed by atoms with Gasteiger partial charge >= 0.3 is 0 Å². The number of para-hydroxylation sites is 1. The summed E-state index contributed by atoms with van der Waals surface area (Å²) in [6, 6.07) is 10.9. The lowest BCUT2D eigenvalue weighted by atomic mass is 9.85. The van der Waals surface area contributed by atoms with Crippen LogP contribution in [-0.4, -0.2) is 29.8 Å². The smallest absolute Gasteiger partial charge is 0.273 e. The Morgan fingerprint density at radius 2 is 1.76 bits per heavy atom. The Morgan fingerprint density at radius 1 is 1.10 bits per heavy atom. The molecule has 9 heteroatoms. The van der Waals surface area contributed by atoms with Gasteiger partial charge in [0, 0.05) is 30.3 Å². The van der Waals surface area contributed by atoms with E-state index in [-0.39, 0.29) is 35.1 Å². The van der Waals surface area contributed by atoms with Crippen molar-refractivity contribution in [1.82, 2.24) is 5.32 Å². The van der Waals surface area contributed by atoms with Crippen LogP contribution in [-0.2, 0) is 5.41 Å². The third kappa shape index (κ3) is 6.00. The van der Waals surface area contributed by atoms with E-state index in [0.29, 0.717) is 24.3 Å². The molecule has 2 rings (SSSR count). The standard InChI is InChI=1S/C20H24N4O4.ClH/c1-20(2,3)15-9-8-13(12-17(15)24(27)28)18(25)23-16-7-5-4-6-14(16)19(26)22-11-10-21;/h4-9,12H,10-11,21H2,1-3H3,(H,22,26)(H,23,25);1H. The van der Waals surface area contributed by atoms with Crippen LogP contribution in [0, 0.1) is 10.1 Å². The van der Waals surface area contributed by atoms with Gasteiger partial charge in [-0.1, -0.05) is 39.0 Å². The van der Waals surface area contributed by atoms with Gasteiger partial charge in [-0.15, -0.1) is 12.4 Å². The molecule has 0 heterocycles. The van der Waals surface area contributed by atoms with Crippen LogP contribution in [0.3, 0.4) is 0 Å². The first-order valence-electron chi connectivity index (χ1n) is 8.82. The highest BCUT2D eigenvalue weighted by molar-refractivity contribution is 6.09. The van der Waals surface area contributed by atoms with Gasteiger partial charge in [0.15, 0.2) is 0 Å². The topological polar surface area (TPSA) is 127 Å². The lowest BCUT2D eigenvalue weighted by Crippen LogP contribution is -2.30. The first-order valence-corrected chi connectivity index (χ1v) is 8.82. The Hall–Kier alpha value is -2.97. The van der Waals surface area contributed by atoms with E-state index in [1.54, 1.807) is 36.4 Å². The number of nitrogens with two attached hydrogens (primary N) is 1. The number of carbonyl (C=O) groups excluding carboxylic acids is 2. The predicted octanol–water partition coefficient (Wildman–Crippen LogP) is 3.25. The van der Waals surface area contributed by atoms with E-state index in [9.17, 15) is 19.7 Å². The summed E-state index contributed by atoms with van der Waals surface area (Å²) < 4.78 is 0. The number of nitro benzene ring substituents is 1. The maximum atomic E-state index is 12.7.